The van der Waals surface area contributed by atoms with Crippen LogP contribution in [0.2, 0.25) is 10.0 Å². The van der Waals surface area contributed by atoms with Crippen LogP contribution in [0.15, 0.2) is 42.5 Å². The van der Waals surface area contributed by atoms with E-state index in [-0.39, 0.29) is 0 Å². The van der Waals surface area contributed by atoms with Gasteiger partial charge in [0.2, 0.25) is 0 Å². The van der Waals surface area contributed by atoms with Gasteiger partial charge in [0, 0.05) is 16.5 Å². The molecule has 0 bridgehead atoms. The van der Waals surface area contributed by atoms with Gasteiger partial charge in [0.1, 0.15) is 0 Å². The Morgan fingerprint density at radius 1 is 0.952 bits per heavy atom. The van der Waals surface area contributed by atoms with Crippen molar-refractivity contribution in [1.29, 1.82) is 0 Å². The van der Waals surface area contributed by atoms with Crippen LogP contribution in [-0.4, -0.2) is 11.2 Å². The van der Waals surface area contributed by atoms with E-state index in [0.717, 1.165) is 11.1 Å². The Balaban J connectivity index is 1.99. The molecule has 2 aromatic rings. The third-order valence-electron chi connectivity index (χ3n) is 3.59. The summed E-state index contributed by atoms with van der Waals surface area (Å²) in [5, 5.41) is 11.5. The lowest BCUT2D eigenvalue weighted by Gasteiger charge is -2.13. The second-order valence-electron chi connectivity index (χ2n) is 5.69. The van der Waals surface area contributed by atoms with Gasteiger partial charge in [-0.2, -0.15) is 0 Å². The summed E-state index contributed by atoms with van der Waals surface area (Å²) >= 11 is 12.0. The maximum atomic E-state index is 10.2. The molecule has 112 valence electrons. The van der Waals surface area contributed by atoms with E-state index in [1.54, 1.807) is 12.1 Å². The molecule has 0 aromatic heterocycles. The van der Waals surface area contributed by atoms with E-state index in [9.17, 15) is 5.11 Å². The molecule has 0 radical (unpaired) electrons. The first-order valence-electron chi connectivity index (χ1n) is 7.16. The highest BCUT2D eigenvalue weighted by Crippen LogP contribution is 2.23. The molecule has 2 aromatic carbocycles. The fourth-order valence-electron chi connectivity index (χ4n) is 2.32. The molecule has 1 N–H and O–H groups in total. The molecule has 0 fully saturated rings. The monoisotopic (exact) mass is 322 g/mol. The largest absolute Gasteiger partial charge is 0.392 e. The van der Waals surface area contributed by atoms with Crippen molar-refractivity contribution in [2.45, 2.75) is 38.7 Å². The van der Waals surface area contributed by atoms with Crippen LogP contribution in [0, 0.1) is 0 Å². The van der Waals surface area contributed by atoms with Crippen molar-refractivity contribution >= 4 is 23.2 Å². The summed E-state index contributed by atoms with van der Waals surface area (Å²) in [5.74, 6) is 0.525. The van der Waals surface area contributed by atoms with Crippen molar-refractivity contribution in [3.63, 3.8) is 0 Å². The standard InChI is InChI=1S/C18H20Cl2O/c1-12(2)14-5-3-13(4-6-14)9-17(21)10-15-7-8-16(19)11-18(15)20/h3-8,11-12,17,21H,9-10H2,1-2H3. The fraction of sp³-hybridized carbons (Fsp3) is 0.333. The molecular formula is C18H20Cl2O. The summed E-state index contributed by atoms with van der Waals surface area (Å²) in [5.41, 5.74) is 3.37. The molecule has 0 heterocycles. The average molecular weight is 323 g/mol. The first kappa shape index (κ1) is 16.4. The molecule has 0 saturated carbocycles. The first-order chi connectivity index (χ1) is 9.95. The lowest BCUT2D eigenvalue weighted by Crippen LogP contribution is -2.14. The topological polar surface area (TPSA) is 20.2 Å². The third-order valence-corrected chi connectivity index (χ3v) is 4.18. The molecule has 1 unspecified atom stereocenters. The van der Waals surface area contributed by atoms with E-state index < -0.39 is 6.10 Å². The molecule has 0 amide bonds. The van der Waals surface area contributed by atoms with E-state index in [2.05, 4.69) is 38.1 Å². The molecule has 2 rings (SSSR count). The lowest BCUT2D eigenvalue weighted by molar-refractivity contribution is 0.175. The van der Waals surface area contributed by atoms with Crippen LogP contribution >= 0.6 is 23.2 Å². The van der Waals surface area contributed by atoms with Gasteiger partial charge >= 0.3 is 0 Å². The van der Waals surface area contributed by atoms with Crippen LogP contribution in [0.5, 0.6) is 0 Å². The number of rotatable bonds is 5. The van der Waals surface area contributed by atoms with Crippen LogP contribution in [-0.2, 0) is 12.8 Å². The number of aliphatic hydroxyl groups is 1. The minimum atomic E-state index is -0.450. The smallest absolute Gasteiger partial charge is 0.0621 e. The van der Waals surface area contributed by atoms with Gasteiger partial charge in [-0.15, -0.1) is 0 Å². The Kier molecular flexibility index (Phi) is 5.69. The summed E-state index contributed by atoms with van der Waals surface area (Å²) in [6, 6.07) is 13.8. The molecular weight excluding hydrogens is 303 g/mol. The number of benzene rings is 2. The van der Waals surface area contributed by atoms with Gasteiger partial charge in [0.25, 0.3) is 0 Å². The van der Waals surface area contributed by atoms with E-state index in [1.807, 2.05) is 6.07 Å². The summed E-state index contributed by atoms with van der Waals surface area (Å²) in [4.78, 5) is 0. The number of aliphatic hydroxyl groups excluding tert-OH is 1. The van der Waals surface area contributed by atoms with Gasteiger partial charge in [-0.05, 0) is 41.2 Å². The van der Waals surface area contributed by atoms with Gasteiger partial charge in [-0.25, -0.2) is 0 Å². The van der Waals surface area contributed by atoms with E-state index in [4.69, 9.17) is 23.2 Å². The SMILES string of the molecule is CC(C)c1ccc(CC(O)Cc2ccc(Cl)cc2Cl)cc1. The zero-order chi connectivity index (χ0) is 15.4. The molecule has 1 atom stereocenters. The van der Waals surface area contributed by atoms with Gasteiger partial charge < -0.3 is 5.11 Å². The molecule has 21 heavy (non-hydrogen) atoms. The van der Waals surface area contributed by atoms with E-state index >= 15 is 0 Å². The van der Waals surface area contributed by atoms with Crippen LogP contribution in [0.1, 0.15) is 36.5 Å². The Hall–Kier alpha value is -1.02. The van der Waals surface area contributed by atoms with Crippen LogP contribution in [0.25, 0.3) is 0 Å². The maximum absolute atomic E-state index is 10.2. The minimum Gasteiger partial charge on any atom is -0.392 e. The summed E-state index contributed by atoms with van der Waals surface area (Å²) in [6.07, 6.45) is 0.702. The lowest BCUT2D eigenvalue weighted by atomic mass is 9.97. The number of hydrogen-bond donors (Lipinski definition) is 1. The molecule has 0 aliphatic rings. The van der Waals surface area contributed by atoms with Crippen molar-refractivity contribution in [3.8, 4) is 0 Å². The van der Waals surface area contributed by atoms with Crippen molar-refractivity contribution in [2.75, 3.05) is 0 Å². The van der Waals surface area contributed by atoms with E-state index in [0.29, 0.717) is 28.8 Å². The zero-order valence-electron chi connectivity index (χ0n) is 12.3. The second kappa shape index (κ2) is 7.31. The average Bonchev–Trinajstić information content (AvgIpc) is 2.42. The normalized spacial score (nSPS) is 12.7. The van der Waals surface area contributed by atoms with Gasteiger partial charge in [0.05, 0.1) is 6.10 Å². The Morgan fingerprint density at radius 3 is 2.19 bits per heavy atom. The quantitative estimate of drug-likeness (QED) is 0.795. The highest BCUT2D eigenvalue weighted by Gasteiger charge is 2.10. The number of hydrogen-bond acceptors (Lipinski definition) is 1. The van der Waals surface area contributed by atoms with Gasteiger partial charge in [-0.3, -0.25) is 0 Å². The summed E-state index contributed by atoms with van der Waals surface area (Å²) in [6.45, 7) is 4.35. The van der Waals surface area contributed by atoms with E-state index in [1.165, 1.54) is 5.56 Å². The Morgan fingerprint density at radius 2 is 1.62 bits per heavy atom. The van der Waals surface area contributed by atoms with Crippen LogP contribution in [0.3, 0.4) is 0 Å². The number of halogens is 2. The molecule has 1 nitrogen and oxygen atoms in total. The molecule has 3 heteroatoms. The first-order valence-corrected chi connectivity index (χ1v) is 7.92. The second-order valence-corrected chi connectivity index (χ2v) is 6.54. The third kappa shape index (κ3) is 4.74. The fourth-order valence-corrected chi connectivity index (χ4v) is 2.81. The molecule has 0 aliphatic heterocycles. The molecule has 0 saturated heterocycles. The van der Waals surface area contributed by atoms with Crippen LogP contribution < -0.4 is 0 Å². The Labute approximate surface area is 136 Å². The predicted molar refractivity (Wildman–Crippen MR) is 90.4 cm³/mol. The van der Waals surface area contributed by atoms with Crippen molar-refractivity contribution in [3.05, 3.63) is 69.2 Å². The zero-order valence-corrected chi connectivity index (χ0v) is 13.8. The highest BCUT2D eigenvalue weighted by atomic mass is 35.5. The van der Waals surface area contributed by atoms with Gasteiger partial charge in [0.15, 0.2) is 0 Å². The minimum absolute atomic E-state index is 0.450. The van der Waals surface area contributed by atoms with Crippen molar-refractivity contribution in [2.24, 2.45) is 0 Å². The molecule has 0 spiro atoms. The van der Waals surface area contributed by atoms with Crippen LogP contribution in [0.4, 0.5) is 0 Å². The van der Waals surface area contributed by atoms with Gasteiger partial charge in [-0.1, -0.05) is 67.4 Å². The molecule has 0 aliphatic carbocycles. The van der Waals surface area contributed by atoms with Crippen molar-refractivity contribution < 1.29 is 5.11 Å². The Bertz CT molecular complexity index is 591. The highest BCUT2D eigenvalue weighted by molar-refractivity contribution is 6.35. The van der Waals surface area contributed by atoms with Crippen molar-refractivity contribution in [1.82, 2.24) is 0 Å². The summed E-state index contributed by atoms with van der Waals surface area (Å²) < 4.78 is 0. The maximum Gasteiger partial charge on any atom is 0.0621 e. The summed E-state index contributed by atoms with van der Waals surface area (Å²) in [7, 11) is 0. The predicted octanol–water partition coefficient (Wildman–Crippen LogP) is 5.26.